The van der Waals surface area contributed by atoms with Crippen molar-refractivity contribution in [1.29, 1.82) is 0 Å². The van der Waals surface area contributed by atoms with Gasteiger partial charge < -0.3 is 11.1 Å². The minimum Gasteiger partial charge on any atom is -0.397 e. The maximum absolute atomic E-state index is 12.2. The van der Waals surface area contributed by atoms with Gasteiger partial charge in [0.2, 0.25) is 0 Å². The first kappa shape index (κ1) is 21.2. The maximum Gasteiger partial charge on any atom is 0.297 e. The predicted octanol–water partition coefficient (Wildman–Crippen LogP) is 4.73. The van der Waals surface area contributed by atoms with Gasteiger partial charge in [-0.05, 0) is 30.7 Å². The van der Waals surface area contributed by atoms with E-state index in [0.29, 0.717) is 6.42 Å². The van der Waals surface area contributed by atoms with Gasteiger partial charge in [0.15, 0.2) is 0 Å². The Morgan fingerprint density at radius 3 is 2.52 bits per heavy atom. The van der Waals surface area contributed by atoms with E-state index in [9.17, 15) is 18.5 Å². The molecule has 0 saturated carbocycles. The number of halogens is 2. The zero-order chi connectivity index (χ0) is 20.2. The van der Waals surface area contributed by atoms with Crippen LogP contribution in [-0.4, -0.2) is 19.9 Å². The Labute approximate surface area is 166 Å². The lowest BCUT2D eigenvalue weighted by Gasteiger charge is -2.12. The van der Waals surface area contributed by atoms with Crippen LogP contribution in [0.3, 0.4) is 0 Å². The summed E-state index contributed by atoms with van der Waals surface area (Å²) >= 11 is 12.0. The van der Waals surface area contributed by atoms with Gasteiger partial charge in [0.05, 0.1) is 33.0 Å². The molecule has 146 valence electrons. The van der Waals surface area contributed by atoms with E-state index in [1.807, 2.05) is 6.92 Å². The summed E-state index contributed by atoms with van der Waals surface area (Å²) in [7, 11) is -4.09. The highest BCUT2D eigenvalue weighted by molar-refractivity contribution is 7.86. The molecule has 0 fully saturated rings. The van der Waals surface area contributed by atoms with Crippen LogP contribution >= 0.6 is 23.2 Å². The fraction of sp³-hybridized carbons (Fsp3) is 0.250. The van der Waals surface area contributed by atoms with Gasteiger partial charge in [-0.1, -0.05) is 36.5 Å². The van der Waals surface area contributed by atoms with Crippen molar-refractivity contribution in [3.8, 4) is 0 Å². The molecule has 0 radical (unpaired) electrons. The molecule has 0 amide bonds. The predicted molar refractivity (Wildman–Crippen MR) is 105 cm³/mol. The Morgan fingerprint density at radius 1 is 1.19 bits per heavy atom. The minimum atomic E-state index is -4.09. The molecule has 2 aromatic rings. The van der Waals surface area contributed by atoms with Gasteiger partial charge in [0, 0.05) is 6.07 Å². The van der Waals surface area contributed by atoms with E-state index in [0.717, 1.165) is 12.5 Å². The van der Waals surface area contributed by atoms with Crippen molar-refractivity contribution in [1.82, 2.24) is 0 Å². The van der Waals surface area contributed by atoms with Crippen molar-refractivity contribution >= 4 is 56.1 Å². The number of anilines is 3. The molecule has 0 aromatic heterocycles. The average molecular weight is 434 g/mol. The van der Waals surface area contributed by atoms with E-state index in [1.165, 1.54) is 24.3 Å². The summed E-state index contributed by atoms with van der Waals surface area (Å²) in [6, 6.07) is 6.22. The number of benzene rings is 2. The lowest BCUT2D eigenvalue weighted by atomic mass is 10.2. The standard InChI is InChI=1S/C16H17Cl2N3O5S/c1-2-3-6-26-27(24,25)10-4-5-14(16(7-10)21(22)23)20-15-9-11(17)13(19)8-12(15)18/h4-5,7-9,20H,2-3,6,19H2,1H3. The molecule has 2 aromatic carbocycles. The smallest absolute Gasteiger partial charge is 0.297 e. The van der Waals surface area contributed by atoms with Crippen LogP contribution < -0.4 is 11.1 Å². The average Bonchev–Trinajstić information content (AvgIpc) is 2.59. The van der Waals surface area contributed by atoms with Crippen LogP contribution in [0.5, 0.6) is 0 Å². The van der Waals surface area contributed by atoms with Crippen LogP contribution in [0.4, 0.5) is 22.7 Å². The third kappa shape index (κ3) is 5.23. The largest absolute Gasteiger partial charge is 0.397 e. The summed E-state index contributed by atoms with van der Waals surface area (Å²) < 4.78 is 29.2. The minimum absolute atomic E-state index is 0.00613. The van der Waals surface area contributed by atoms with Crippen LogP contribution in [0.1, 0.15) is 19.8 Å². The molecule has 11 heteroatoms. The van der Waals surface area contributed by atoms with Crippen LogP contribution in [0.25, 0.3) is 0 Å². The molecule has 3 N–H and O–H groups in total. The number of nitrogens with zero attached hydrogens (tertiary/aromatic N) is 1. The Hall–Kier alpha value is -2.07. The lowest BCUT2D eigenvalue weighted by Crippen LogP contribution is -2.08. The number of unbranched alkanes of at least 4 members (excludes halogenated alkanes) is 1. The lowest BCUT2D eigenvalue weighted by molar-refractivity contribution is -0.384. The third-order valence-electron chi connectivity index (χ3n) is 3.55. The number of nitrogens with two attached hydrogens (primary N) is 1. The Bertz CT molecular complexity index is 967. The highest BCUT2D eigenvalue weighted by Gasteiger charge is 2.23. The summed E-state index contributed by atoms with van der Waals surface area (Å²) in [5, 5.41) is 14.6. The van der Waals surface area contributed by atoms with Gasteiger partial charge in [-0.3, -0.25) is 14.3 Å². The number of hydrogen-bond acceptors (Lipinski definition) is 7. The fourth-order valence-electron chi connectivity index (χ4n) is 2.11. The second kappa shape index (κ2) is 8.75. The van der Waals surface area contributed by atoms with Gasteiger partial charge in [0.25, 0.3) is 15.8 Å². The molecule has 0 unspecified atom stereocenters. The summed E-state index contributed by atoms with van der Waals surface area (Å²) in [5.74, 6) is 0. The summed E-state index contributed by atoms with van der Waals surface area (Å²) in [6.07, 6.45) is 1.31. The van der Waals surface area contributed by atoms with Gasteiger partial charge in [-0.25, -0.2) is 0 Å². The van der Waals surface area contributed by atoms with Crippen molar-refractivity contribution in [2.24, 2.45) is 0 Å². The number of rotatable bonds is 8. The van der Waals surface area contributed by atoms with Crippen molar-refractivity contribution in [3.05, 3.63) is 50.5 Å². The van der Waals surface area contributed by atoms with E-state index >= 15 is 0 Å². The monoisotopic (exact) mass is 433 g/mol. The second-order valence-electron chi connectivity index (χ2n) is 5.54. The summed E-state index contributed by atoms with van der Waals surface area (Å²) in [6.45, 7) is 1.89. The molecule has 0 aliphatic rings. The van der Waals surface area contributed by atoms with Crippen molar-refractivity contribution < 1.29 is 17.5 Å². The third-order valence-corrected chi connectivity index (χ3v) is 5.49. The van der Waals surface area contributed by atoms with Gasteiger partial charge in [-0.2, -0.15) is 8.42 Å². The fourth-order valence-corrected chi connectivity index (χ4v) is 3.45. The first-order chi connectivity index (χ1) is 12.7. The quantitative estimate of drug-likeness (QED) is 0.202. The summed E-state index contributed by atoms with van der Waals surface area (Å²) in [5.41, 5.74) is 5.77. The molecule has 0 saturated heterocycles. The Morgan fingerprint density at radius 2 is 1.89 bits per heavy atom. The highest BCUT2D eigenvalue weighted by Crippen LogP contribution is 2.36. The van der Waals surface area contributed by atoms with E-state index < -0.39 is 20.7 Å². The molecular weight excluding hydrogens is 417 g/mol. The van der Waals surface area contributed by atoms with Crippen LogP contribution in [0.2, 0.25) is 10.0 Å². The summed E-state index contributed by atoms with van der Waals surface area (Å²) in [4.78, 5) is 10.4. The normalized spacial score (nSPS) is 11.4. The van der Waals surface area contributed by atoms with Gasteiger partial charge in [-0.15, -0.1) is 0 Å². The van der Waals surface area contributed by atoms with Crippen LogP contribution in [-0.2, 0) is 14.3 Å². The molecule has 2 rings (SSSR count). The van der Waals surface area contributed by atoms with Crippen molar-refractivity contribution in [2.75, 3.05) is 17.7 Å². The number of nitro benzene ring substituents is 1. The molecular formula is C16H17Cl2N3O5S. The number of nitrogens with one attached hydrogen (secondary N) is 1. The number of nitrogen functional groups attached to an aromatic ring is 1. The highest BCUT2D eigenvalue weighted by atomic mass is 35.5. The van der Waals surface area contributed by atoms with Crippen LogP contribution in [0, 0.1) is 10.1 Å². The molecule has 0 aliphatic heterocycles. The first-order valence-corrected chi connectivity index (χ1v) is 10.0. The zero-order valence-corrected chi connectivity index (χ0v) is 16.6. The second-order valence-corrected chi connectivity index (χ2v) is 7.97. The zero-order valence-electron chi connectivity index (χ0n) is 14.2. The molecule has 0 atom stereocenters. The molecule has 0 spiro atoms. The SMILES string of the molecule is CCCCOS(=O)(=O)c1ccc(Nc2cc(Cl)c(N)cc2Cl)c([N+](=O)[O-])c1. The first-order valence-electron chi connectivity index (χ1n) is 7.85. The topological polar surface area (TPSA) is 125 Å². The maximum atomic E-state index is 12.2. The van der Waals surface area contributed by atoms with E-state index in [4.69, 9.17) is 33.1 Å². The van der Waals surface area contributed by atoms with Gasteiger partial charge in [0.1, 0.15) is 10.6 Å². The van der Waals surface area contributed by atoms with Crippen molar-refractivity contribution in [3.63, 3.8) is 0 Å². The number of nitro groups is 1. The van der Waals surface area contributed by atoms with E-state index in [-0.39, 0.29) is 38.6 Å². The Balaban J connectivity index is 2.39. The molecule has 0 aliphatic carbocycles. The molecule has 27 heavy (non-hydrogen) atoms. The van der Waals surface area contributed by atoms with E-state index in [1.54, 1.807) is 0 Å². The Kier molecular flexibility index (Phi) is 6.88. The van der Waals surface area contributed by atoms with Crippen LogP contribution in [0.15, 0.2) is 35.2 Å². The van der Waals surface area contributed by atoms with E-state index in [2.05, 4.69) is 5.32 Å². The van der Waals surface area contributed by atoms with Crippen molar-refractivity contribution in [2.45, 2.75) is 24.7 Å². The molecule has 0 heterocycles. The van der Waals surface area contributed by atoms with Gasteiger partial charge >= 0.3 is 0 Å². The molecule has 0 bridgehead atoms. The number of hydrogen-bond donors (Lipinski definition) is 2. The molecule has 8 nitrogen and oxygen atoms in total.